The fourth-order valence-electron chi connectivity index (χ4n) is 3.80. The van der Waals surface area contributed by atoms with Crippen LogP contribution in [0.5, 0.6) is 0 Å². The second-order valence-corrected chi connectivity index (χ2v) is 7.92. The van der Waals surface area contributed by atoms with E-state index in [2.05, 4.69) is 22.3 Å². The van der Waals surface area contributed by atoms with E-state index in [0.717, 1.165) is 44.6 Å². The van der Waals surface area contributed by atoms with Crippen molar-refractivity contribution in [1.82, 2.24) is 4.90 Å². The highest BCUT2D eigenvalue weighted by Gasteiger charge is 2.33. The fourth-order valence-corrected chi connectivity index (χ4v) is 3.80. The van der Waals surface area contributed by atoms with E-state index in [1.807, 2.05) is 18.2 Å². The molecule has 0 aliphatic carbocycles. The van der Waals surface area contributed by atoms with Gasteiger partial charge in [-0.25, -0.2) is 0 Å². The number of unbranched alkanes of at least 4 members (excludes halogenated alkanes) is 1. The van der Waals surface area contributed by atoms with Crippen molar-refractivity contribution in [2.45, 2.75) is 62.8 Å². The maximum absolute atomic E-state index is 11.6. The van der Waals surface area contributed by atoms with Gasteiger partial charge in [-0.15, -0.1) is 0 Å². The number of carboxylic acids is 1. The fraction of sp³-hybridized carbons (Fsp3) is 0.650. The number of para-hydroxylation sites is 1. The van der Waals surface area contributed by atoms with Crippen molar-refractivity contribution in [2.24, 2.45) is 5.73 Å². The highest BCUT2D eigenvalue weighted by molar-refractivity contribution is 6.40. The second-order valence-electron chi connectivity index (χ2n) is 7.92. The Labute approximate surface area is 168 Å². The molecule has 0 saturated carbocycles. The van der Waals surface area contributed by atoms with Gasteiger partial charge < -0.3 is 31.1 Å². The molecule has 156 valence electrons. The minimum absolute atomic E-state index is 0.252. The van der Waals surface area contributed by atoms with E-state index in [9.17, 15) is 9.90 Å². The van der Waals surface area contributed by atoms with Crippen LogP contribution in [0.4, 0.5) is 5.69 Å². The zero-order chi connectivity index (χ0) is 20.4. The second kappa shape index (κ2) is 11.4. The quantitative estimate of drug-likeness (QED) is 0.272. The number of rotatable bonds is 12. The van der Waals surface area contributed by atoms with Gasteiger partial charge >= 0.3 is 13.1 Å². The number of piperidine rings is 1. The Morgan fingerprint density at radius 1 is 1.14 bits per heavy atom. The van der Waals surface area contributed by atoms with E-state index in [0.29, 0.717) is 31.7 Å². The number of nitrogens with zero attached hydrogens (tertiary/aromatic N) is 1. The summed E-state index contributed by atoms with van der Waals surface area (Å²) < 4.78 is 0. The molecule has 0 spiro atoms. The van der Waals surface area contributed by atoms with Crippen LogP contribution in [0, 0.1) is 0 Å². The van der Waals surface area contributed by atoms with Crippen LogP contribution in [-0.2, 0) is 4.79 Å². The molecule has 0 radical (unpaired) electrons. The van der Waals surface area contributed by atoms with Gasteiger partial charge in [0.2, 0.25) is 0 Å². The van der Waals surface area contributed by atoms with Gasteiger partial charge in [-0.2, -0.15) is 0 Å². The number of hydrogen-bond acceptors (Lipinski definition) is 6. The van der Waals surface area contributed by atoms with Gasteiger partial charge in [-0.05, 0) is 57.1 Å². The molecule has 2 rings (SSSR count). The van der Waals surface area contributed by atoms with Gasteiger partial charge in [0.05, 0.1) is 0 Å². The number of carbonyl (C=O) groups is 1. The molecule has 28 heavy (non-hydrogen) atoms. The summed E-state index contributed by atoms with van der Waals surface area (Å²) in [6.45, 7) is 2.87. The van der Waals surface area contributed by atoms with E-state index >= 15 is 0 Å². The molecular formula is C20H34BN3O4. The Balaban J connectivity index is 1.66. The lowest BCUT2D eigenvalue weighted by Crippen LogP contribution is -2.48. The summed E-state index contributed by atoms with van der Waals surface area (Å²) in [7, 11) is -1.34. The van der Waals surface area contributed by atoms with Crippen molar-refractivity contribution in [3.8, 4) is 0 Å². The van der Waals surface area contributed by atoms with Crippen LogP contribution in [-0.4, -0.2) is 64.4 Å². The summed E-state index contributed by atoms with van der Waals surface area (Å²) in [5.41, 5.74) is 6.06. The van der Waals surface area contributed by atoms with Gasteiger partial charge in [0.1, 0.15) is 5.54 Å². The van der Waals surface area contributed by atoms with Crippen LogP contribution >= 0.6 is 0 Å². The molecule has 1 saturated heterocycles. The Kier molecular flexibility index (Phi) is 9.24. The molecule has 1 aliphatic rings. The molecular weight excluding hydrogens is 357 g/mol. The third-order valence-corrected chi connectivity index (χ3v) is 5.59. The van der Waals surface area contributed by atoms with Crippen LogP contribution in [0.15, 0.2) is 30.3 Å². The molecule has 6 N–H and O–H groups in total. The van der Waals surface area contributed by atoms with Crippen LogP contribution in [0.1, 0.15) is 44.9 Å². The molecule has 1 aliphatic heterocycles. The molecule has 1 fully saturated rings. The normalized spacial score (nSPS) is 17.8. The number of aliphatic carboxylic acids is 1. The zero-order valence-corrected chi connectivity index (χ0v) is 16.6. The molecule has 1 atom stereocenters. The standard InChI is InChI=1S/C20H34BN3O4/c22-20(19(25)26,11-4-5-13-21(27)28)12-6-14-24-15-9-18(10-16-24)23-17-7-2-1-3-8-17/h1-3,7-8,18,23,27-28H,4-6,9-16,22H2,(H,25,26). The summed E-state index contributed by atoms with van der Waals surface area (Å²) in [5, 5.41) is 30.8. The molecule has 1 aromatic rings. The third kappa shape index (κ3) is 7.79. The predicted molar refractivity (Wildman–Crippen MR) is 112 cm³/mol. The molecule has 1 heterocycles. The van der Waals surface area contributed by atoms with Crippen molar-refractivity contribution < 1.29 is 19.9 Å². The number of carboxylic acid groups (broad SMARTS) is 1. The van der Waals surface area contributed by atoms with Crippen molar-refractivity contribution in [3.63, 3.8) is 0 Å². The maximum Gasteiger partial charge on any atom is 0.451 e. The molecule has 0 aromatic heterocycles. The Morgan fingerprint density at radius 2 is 1.79 bits per heavy atom. The largest absolute Gasteiger partial charge is 0.480 e. The predicted octanol–water partition coefficient (Wildman–Crippen LogP) is 1.77. The number of benzene rings is 1. The maximum atomic E-state index is 11.6. The first-order valence-corrected chi connectivity index (χ1v) is 10.3. The lowest BCUT2D eigenvalue weighted by atomic mass is 9.81. The van der Waals surface area contributed by atoms with E-state index in [1.54, 1.807) is 0 Å². The third-order valence-electron chi connectivity index (χ3n) is 5.59. The Hall–Kier alpha value is -1.61. The van der Waals surface area contributed by atoms with Crippen LogP contribution < -0.4 is 11.1 Å². The minimum Gasteiger partial charge on any atom is -0.480 e. The monoisotopic (exact) mass is 391 g/mol. The molecule has 1 unspecified atom stereocenters. The van der Waals surface area contributed by atoms with Gasteiger partial charge in [-0.3, -0.25) is 4.79 Å². The lowest BCUT2D eigenvalue weighted by Gasteiger charge is -2.33. The molecule has 1 aromatic carbocycles. The van der Waals surface area contributed by atoms with Crippen LogP contribution in [0.3, 0.4) is 0 Å². The lowest BCUT2D eigenvalue weighted by molar-refractivity contribution is -0.144. The van der Waals surface area contributed by atoms with Gasteiger partial charge in [0, 0.05) is 24.8 Å². The summed E-state index contributed by atoms with van der Waals surface area (Å²) in [5.74, 6) is -0.970. The van der Waals surface area contributed by atoms with Crippen LogP contribution in [0.2, 0.25) is 6.32 Å². The highest BCUT2D eigenvalue weighted by atomic mass is 16.4. The molecule has 7 nitrogen and oxygen atoms in total. The molecule has 0 bridgehead atoms. The first-order chi connectivity index (χ1) is 13.4. The van der Waals surface area contributed by atoms with E-state index in [1.165, 1.54) is 0 Å². The Bertz CT molecular complexity index is 582. The summed E-state index contributed by atoms with van der Waals surface area (Å²) >= 11 is 0. The van der Waals surface area contributed by atoms with Crippen molar-refractivity contribution in [3.05, 3.63) is 30.3 Å². The van der Waals surface area contributed by atoms with E-state index in [4.69, 9.17) is 15.8 Å². The average molecular weight is 391 g/mol. The first-order valence-electron chi connectivity index (χ1n) is 10.3. The van der Waals surface area contributed by atoms with Crippen molar-refractivity contribution >= 4 is 18.8 Å². The van der Waals surface area contributed by atoms with Crippen molar-refractivity contribution in [1.29, 1.82) is 0 Å². The minimum atomic E-state index is -1.34. The first kappa shape index (κ1) is 22.7. The van der Waals surface area contributed by atoms with Gasteiger partial charge in [0.25, 0.3) is 0 Å². The van der Waals surface area contributed by atoms with E-state index < -0.39 is 18.6 Å². The van der Waals surface area contributed by atoms with Gasteiger partial charge in [0.15, 0.2) is 0 Å². The average Bonchev–Trinajstić information content (AvgIpc) is 2.67. The molecule has 0 amide bonds. The smallest absolute Gasteiger partial charge is 0.451 e. The summed E-state index contributed by atoms with van der Waals surface area (Å²) in [6, 6.07) is 10.7. The van der Waals surface area contributed by atoms with Crippen LogP contribution in [0.25, 0.3) is 0 Å². The topological polar surface area (TPSA) is 119 Å². The number of nitrogens with one attached hydrogen (secondary N) is 1. The van der Waals surface area contributed by atoms with Crippen molar-refractivity contribution in [2.75, 3.05) is 25.0 Å². The zero-order valence-electron chi connectivity index (χ0n) is 16.6. The molecule has 8 heteroatoms. The number of nitrogens with two attached hydrogens (primary N) is 1. The number of anilines is 1. The van der Waals surface area contributed by atoms with Gasteiger partial charge in [-0.1, -0.05) is 31.0 Å². The Morgan fingerprint density at radius 3 is 2.39 bits per heavy atom. The SMILES string of the molecule is NC(CCCCB(O)O)(CCCN1CCC(Nc2ccccc2)CC1)C(=O)O. The summed E-state index contributed by atoms with van der Waals surface area (Å²) in [6.07, 6.45) is 5.09. The van der Waals surface area contributed by atoms with E-state index in [-0.39, 0.29) is 6.32 Å². The highest BCUT2D eigenvalue weighted by Crippen LogP contribution is 2.21. The summed E-state index contributed by atoms with van der Waals surface area (Å²) in [4.78, 5) is 14.0. The number of hydrogen-bond donors (Lipinski definition) is 5. The number of likely N-dealkylation sites (tertiary alicyclic amines) is 1.